The molecule has 0 spiro atoms. The van der Waals surface area contributed by atoms with Crippen LogP contribution in [0.4, 0.5) is 0 Å². The predicted octanol–water partition coefficient (Wildman–Crippen LogP) is -0.345. The second kappa shape index (κ2) is 3.82. The van der Waals surface area contributed by atoms with Gasteiger partial charge in [-0.2, -0.15) is 0 Å². The maximum Gasteiger partial charge on any atom is 0.258 e. The monoisotopic (exact) mass is 224 g/mol. The lowest BCUT2D eigenvalue weighted by atomic mass is 10.0. The third kappa shape index (κ3) is 1.46. The van der Waals surface area contributed by atoms with Crippen molar-refractivity contribution in [3.05, 3.63) is 0 Å². The molecule has 3 aliphatic heterocycles. The molecule has 3 heterocycles. The number of ether oxygens (including phenoxy) is 1. The van der Waals surface area contributed by atoms with Gasteiger partial charge in [-0.25, -0.2) is 0 Å². The molecule has 0 radical (unpaired) electrons. The SMILES string of the molecule is O=C1C2CCC(O2)C(=O)N1C1CCNCC1. The number of imide groups is 1. The summed E-state index contributed by atoms with van der Waals surface area (Å²) in [5.74, 6) is -0.212. The number of carbonyl (C=O) groups excluding carboxylic acids is 2. The number of nitrogens with zero attached hydrogens (tertiary/aromatic N) is 1. The van der Waals surface area contributed by atoms with E-state index in [4.69, 9.17) is 4.74 Å². The van der Waals surface area contributed by atoms with Crippen molar-refractivity contribution in [3.63, 3.8) is 0 Å². The molecule has 2 bridgehead atoms. The van der Waals surface area contributed by atoms with E-state index in [1.807, 2.05) is 0 Å². The highest BCUT2D eigenvalue weighted by Gasteiger charge is 2.48. The van der Waals surface area contributed by atoms with Crippen LogP contribution in [0, 0.1) is 0 Å². The quantitative estimate of drug-likeness (QED) is 0.619. The number of rotatable bonds is 1. The number of likely N-dealkylation sites (tertiary alicyclic amines) is 1. The summed E-state index contributed by atoms with van der Waals surface area (Å²) in [5.41, 5.74) is 0. The molecule has 3 rings (SSSR count). The van der Waals surface area contributed by atoms with Crippen molar-refractivity contribution in [1.29, 1.82) is 0 Å². The highest BCUT2D eigenvalue weighted by molar-refractivity contribution is 6.02. The van der Waals surface area contributed by atoms with Gasteiger partial charge in [-0.15, -0.1) is 0 Å². The molecule has 5 nitrogen and oxygen atoms in total. The van der Waals surface area contributed by atoms with Crippen molar-refractivity contribution in [2.24, 2.45) is 0 Å². The number of morpholine rings is 1. The Morgan fingerprint density at radius 3 is 2.12 bits per heavy atom. The first kappa shape index (κ1) is 10.2. The first-order chi connectivity index (χ1) is 7.77. The lowest BCUT2D eigenvalue weighted by molar-refractivity contribution is -0.172. The Kier molecular flexibility index (Phi) is 2.44. The van der Waals surface area contributed by atoms with E-state index in [2.05, 4.69) is 5.32 Å². The normalized spacial score (nSPS) is 35.9. The minimum atomic E-state index is -0.349. The van der Waals surface area contributed by atoms with Crippen molar-refractivity contribution in [2.75, 3.05) is 13.1 Å². The summed E-state index contributed by atoms with van der Waals surface area (Å²) in [6.07, 6.45) is 2.46. The third-order valence-electron chi connectivity index (χ3n) is 3.72. The highest BCUT2D eigenvalue weighted by Crippen LogP contribution is 2.31. The van der Waals surface area contributed by atoms with Crippen molar-refractivity contribution >= 4 is 11.8 Å². The predicted molar refractivity (Wildman–Crippen MR) is 55.6 cm³/mol. The van der Waals surface area contributed by atoms with E-state index in [0.717, 1.165) is 25.9 Å². The highest BCUT2D eigenvalue weighted by atomic mass is 16.5. The first-order valence-electron chi connectivity index (χ1n) is 6.00. The van der Waals surface area contributed by atoms with Gasteiger partial charge in [0.1, 0.15) is 12.2 Å². The van der Waals surface area contributed by atoms with Crippen LogP contribution in [0.2, 0.25) is 0 Å². The van der Waals surface area contributed by atoms with Crippen molar-refractivity contribution in [3.8, 4) is 0 Å². The number of fused-ring (bicyclic) bond motifs is 2. The van der Waals surface area contributed by atoms with Gasteiger partial charge in [0, 0.05) is 6.04 Å². The Hall–Kier alpha value is -0.940. The van der Waals surface area contributed by atoms with Gasteiger partial charge in [0.2, 0.25) is 0 Å². The van der Waals surface area contributed by atoms with E-state index < -0.39 is 0 Å². The fourth-order valence-corrected chi connectivity index (χ4v) is 2.84. The van der Waals surface area contributed by atoms with E-state index in [-0.39, 0.29) is 30.1 Å². The molecule has 2 atom stereocenters. The fraction of sp³-hybridized carbons (Fsp3) is 0.818. The molecule has 0 saturated carbocycles. The summed E-state index contributed by atoms with van der Waals surface area (Å²) in [5, 5.41) is 3.24. The van der Waals surface area contributed by atoms with E-state index in [0.29, 0.717) is 12.8 Å². The Labute approximate surface area is 94.1 Å². The van der Waals surface area contributed by atoms with E-state index in [1.165, 1.54) is 4.90 Å². The second-order valence-electron chi connectivity index (χ2n) is 4.72. The van der Waals surface area contributed by atoms with Gasteiger partial charge < -0.3 is 10.1 Å². The van der Waals surface area contributed by atoms with Gasteiger partial charge in [-0.3, -0.25) is 14.5 Å². The average Bonchev–Trinajstić information content (AvgIpc) is 2.75. The molecule has 88 valence electrons. The van der Waals surface area contributed by atoms with Crippen molar-refractivity contribution in [2.45, 2.75) is 43.9 Å². The molecule has 3 aliphatic rings. The minimum absolute atomic E-state index is 0.0910. The van der Waals surface area contributed by atoms with Crippen LogP contribution in [-0.2, 0) is 14.3 Å². The average molecular weight is 224 g/mol. The zero-order valence-electron chi connectivity index (χ0n) is 9.15. The molecule has 0 aliphatic carbocycles. The molecule has 0 aromatic carbocycles. The Morgan fingerprint density at radius 1 is 1.00 bits per heavy atom. The molecule has 1 N–H and O–H groups in total. The van der Waals surface area contributed by atoms with Crippen molar-refractivity contribution < 1.29 is 14.3 Å². The lowest BCUT2D eigenvalue weighted by Crippen LogP contribution is -2.57. The number of hydrogen-bond acceptors (Lipinski definition) is 4. The van der Waals surface area contributed by atoms with Crippen LogP contribution >= 0.6 is 0 Å². The number of nitrogens with one attached hydrogen (secondary N) is 1. The topological polar surface area (TPSA) is 58.6 Å². The Morgan fingerprint density at radius 2 is 1.56 bits per heavy atom. The molecular weight excluding hydrogens is 208 g/mol. The van der Waals surface area contributed by atoms with E-state index in [9.17, 15) is 9.59 Å². The maximum absolute atomic E-state index is 12.1. The third-order valence-corrected chi connectivity index (χ3v) is 3.72. The van der Waals surface area contributed by atoms with Crippen LogP contribution in [0.3, 0.4) is 0 Å². The summed E-state index contributed by atoms with van der Waals surface area (Å²) in [6, 6.07) is 0.0910. The molecule has 3 saturated heterocycles. The van der Waals surface area contributed by atoms with Crippen LogP contribution < -0.4 is 5.32 Å². The molecule has 3 fully saturated rings. The molecule has 2 unspecified atom stereocenters. The van der Waals surface area contributed by atoms with Gasteiger partial charge >= 0.3 is 0 Å². The molecule has 0 aromatic rings. The molecule has 16 heavy (non-hydrogen) atoms. The minimum Gasteiger partial charge on any atom is -0.355 e. The standard InChI is InChI=1S/C11H16N2O3/c14-10-8-1-2-9(16-8)11(15)13(10)7-3-5-12-6-4-7/h7-9,12H,1-6H2. The summed E-state index contributed by atoms with van der Waals surface area (Å²) in [6.45, 7) is 1.77. The lowest BCUT2D eigenvalue weighted by Gasteiger charge is -2.37. The number of piperidine rings is 1. The summed E-state index contributed by atoms with van der Waals surface area (Å²) < 4.78 is 5.39. The van der Waals surface area contributed by atoms with E-state index in [1.54, 1.807) is 0 Å². The summed E-state index contributed by atoms with van der Waals surface area (Å²) >= 11 is 0. The van der Waals surface area contributed by atoms with Crippen LogP contribution in [0.1, 0.15) is 25.7 Å². The largest absolute Gasteiger partial charge is 0.355 e. The van der Waals surface area contributed by atoms with Crippen LogP contribution in [-0.4, -0.2) is 48.1 Å². The molecule has 5 heteroatoms. The van der Waals surface area contributed by atoms with Gasteiger partial charge in [0.15, 0.2) is 0 Å². The zero-order valence-corrected chi connectivity index (χ0v) is 9.15. The fourth-order valence-electron chi connectivity index (χ4n) is 2.84. The maximum atomic E-state index is 12.1. The van der Waals surface area contributed by atoms with Crippen LogP contribution in [0.5, 0.6) is 0 Å². The zero-order chi connectivity index (χ0) is 11.1. The number of carbonyl (C=O) groups is 2. The Balaban J connectivity index is 1.82. The van der Waals surface area contributed by atoms with Crippen molar-refractivity contribution in [1.82, 2.24) is 10.2 Å². The second-order valence-corrected chi connectivity index (χ2v) is 4.72. The van der Waals surface area contributed by atoms with Crippen LogP contribution in [0.25, 0.3) is 0 Å². The summed E-state index contributed by atoms with van der Waals surface area (Å²) in [4.78, 5) is 25.6. The molecular formula is C11H16N2O3. The van der Waals surface area contributed by atoms with Crippen LogP contribution in [0.15, 0.2) is 0 Å². The van der Waals surface area contributed by atoms with Gasteiger partial charge in [0.25, 0.3) is 11.8 Å². The molecule has 2 amide bonds. The van der Waals surface area contributed by atoms with Gasteiger partial charge in [0.05, 0.1) is 0 Å². The van der Waals surface area contributed by atoms with Gasteiger partial charge in [-0.05, 0) is 38.8 Å². The van der Waals surface area contributed by atoms with E-state index >= 15 is 0 Å². The number of hydrogen-bond donors (Lipinski definition) is 1. The molecule has 0 aromatic heterocycles. The first-order valence-corrected chi connectivity index (χ1v) is 6.00. The number of amides is 2. The smallest absolute Gasteiger partial charge is 0.258 e. The Bertz CT molecular complexity index is 303. The van der Waals surface area contributed by atoms with Gasteiger partial charge in [-0.1, -0.05) is 0 Å². The summed E-state index contributed by atoms with van der Waals surface area (Å²) in [7, 11) is 0.